The molecule has 1 atom stereocenters. The van der Waals surface area contributed by atoms with Crippen LogP contribution in [0.1, 0.15) is 25.5 Å². The van der Waals surface area contributed by atoms with Crippen molar-refractivity contribution in [1.29, 1.82) is 0 Å². The molecule has 0 heterocycles. The van der Waals surface area contributed by atoms with Crippen molar-refractivity contribution >= 4 is 11.8 Å². The highest BCUT2D eigenvalue weighted by molar-refractivity contribution is 7.99. The van der Waals surface area contributed by atoms with E-state index in [0.717, 1.165) is 5.75 Å². The minimum absolute atomic E-state index is 0.111. The summed E-state index contributed by atoms with van der Waals surface area (Å²) in [6.45, 7) is 7.93. The van der Waals surface area contributed by atoms with Crippen LogP contribution in [0.5, 0.6) is 0 Å². The summed E-state index contributed by atoms with van der Waals surface area (Å²) in [5, 5.41) is 0. The lowest BCUT2D eigenvalue weighted by Gasteiger charge is -2.07. The Morgan fingerprint density at radius 3 is 2.86 bits per heavy atom. The molecule has 2 heteroatoms. The molecule has 1 nitrogen and oxygen atoms in total. The zero-order valence-electron chi connectivity index (χ0n) is 8.79. The Morgan fingerprint density at radius 1 is 1.57 bits per heavy atom. The van der Waals surface area contributed by atoms with E-state index < -0.39 is 0 Å². The lowest BCUT2D eigenvalue weighted by Crippen LogP contribution is -2.04. The molecule has 14 heavy (non-hydrogen) atoms. The number of rotatable bonds is 4. The minimum Gasteiger partial charge on any atom is -0.324 e. The number of thioether (sulfide) groups is 1. The summed E-state index contributed by atoms with van der Waals surface area (Å²) in [6.07, 6.45) is 0. The van der Waals surface area contributed by atoms with Crippen molar-refractivity contribution in [2.75, 3.05) is 5.75 Å². The normalized spacial score (nSPS) is 12.5. The van der Waals surface area contributed by atoms with Gasteiger partial charge in [-0.05, 0) is 31.5 Å². The molecule has 0 aliphatic carbocycles. The lowest BCUT2D eigenvalue weighted by molar-refractivity contribution is 0.815. The first-order chi connectivity index (χ1) is 6.59. The van der Waals surface area contributed by atoms with E-state index in [0.29, 0.717) is 0 Å². The quantitative estimate of drug-likeness (QED) is 0.605. The molecule has 0 amide bonds. The van der Waals surface area contributed by atoms with Crippen LogP contribution in [-0.2, 0) is 0 Å². The highest BCUT2D eigenvalue weighted by atomic mass is 32.2. The van der Waals surface area contributed by atoms with Crippen LogP contribution in [0, 0.1) is 0 Å². The van der Waals surface area contributed by atoms with Crippen molar-refractivity contribution in [1.82, 2.24) is 0 Å². The van der Waals surface area contributed by atoms with Gasteiger partial charge in [0.2, 0.25) is 0 Å². The molecule has 1 aromatic rings. The minimum atomic E-state index is 0.111. The summed E-state index contributed by atoms with van der Waals surface area (Å²) < 4.78 is 0. The average Bonchev–Trinajstić information content (AvgIpc) is 2.15. The second-order valence-electron chi connectivity index (χ2n) is 3.61. The topological polar surface area (TPSA) is 26.0 Å². The Hall–Kier alpha value is -0.730. The smallest absolute Gasteiger partial charge is 0.0266 e. The van der Waals surface area contributed by atoms with Gasteiger partial charge in [-0.1, -0.05) is 24.3 Å². The van der Waals surface area contributed by atoms with Crippen LogP contribution in [0.15, 0.2) is 41.3 Å². The van der Waals surface area contributed by atoms with Gasteiger partial charge in [0.15, 0.2) is 0 Å². The van der Waals surface area contributed by atoms with Crippen LogP contribution in [0.25, 0.3) is 0 Å². The molecule has 0 aliphatic heterocycles. The summed E-state index contributed by atoms with van der Waals surface area (Å²) in [7, 11) is 0. The molecule has 1 rings (SSSR count). The van der Waals surface area contributed by atoms with E-state index in [1.165, 1.54) is 16.0 Å². The van der Waals surface area contributed by atoms with Gasteiger partial charge in [-0.2, -0.15) is 0 Å². The van der Waals surface area contributed by atoms with Gasteiger partial charge in [-0.25, -0.2) is 0 Å². The van der Waals surface area contributed by atoms with Crippen molar-refractivity contribution < 1.29 is 0 Å². The zero-order chi connectivity index (χ0) is 10.6. The van der Waals surface area contributed by atoms with Crippen LogP contribution in [0.4, 0.5) is 0 Å². The summed E-state index contributed by atoms with van der Waals surface area (Å²) in [5.74, 6) is 0.975. The van der Waals surface area contributed by atoms with E-state index in [1.54, 1.807) is 11.8 Å². The molecule has 2 N–H and O–H groups in total. The van der Waals surface area contributed by atoms with Gasteiger partial charge < -0.3 is 5.73 Å². The number of benzene rings is 1. The van der Waals surface area contributed by atoms with E-state index in [4.69, 9.17) is 5.73 Å². The third-order valence-corrected chi connectivity index (χ3v) is 3.09. The number of hydrogen-bond donors (Lipinski definition) is 1. The fraction of sp³-hybridized carbons (Fsp3) is 0.333. The van der Waals surface area contributed by atoms with E-state index in [-0.39, 0.29) is 6.04 Å². The molecule has 0 spiro atoms. The Morgan fingerprint density at radius 2 is 2.29 bits per heavy atom. The van der Waals surface area contributed by atoms with E-state index in [9.17, 15) is 0 Å². The Bertz CT molecular complexity index is 318. The van der Waals surface area contributed by atoms with Crippen molar-refractivity contribution in [3.8, 4) is 0 Å². The monoisotopic (exact) mass is 207 g/mol. The van der Waals surface area contributed by atoms with Gasteiger partial charge in [0.05, 0.1) is 0 Å². The molecular formula is C12H17NS. The molecule has 0 saturated carbocycles. The van der Waals surface area contributed by atoms with Gasteiger partial charge in [0, 0.05) is 16.7 Å². The van der Waals surface area contributed by atoms with Crippen LogP contribution < -0.4 is 5.73 Å². The first kappa shape index (κ1) is 11.3. The second kappa shape index (κ2) is 5.23. The molecule has 0 bridgehead atoms. The first-order valence-corrected chi connectivity index (χ1v) is 5.71. The fourth-order valence-corrected chi connectivity index (χ4v) is 1.90. The number of hydrogen-bond acceptors (Lipinski definition) is 2. The summed E-state index contributed by atoms with van der Waals surface area (Å²) >= 11 is 1.80. The largest absolute Gasteiger partial charge is 0.324 e. The van der Waals surface area contributed by atoms with Gasteiger partial charge in [0.25, 0.3) is 0 Å². The third kappa shape index (κ3) is 3.56. The second-order valence-corrected chi connectivity index (χ2v) is 4.66. The highest BCUT2D eigenvalue weighted by Gasteiger charge is 2.00. The standard InChI is InChI=1S/C12H17NS/c1-9(2)8-14-12-6-4-5-11(7-12)10(3)13/h4-7,10H,1,8,13H2,2-3H3. The molecule has 0 radical (unpaired) electrons. The average molecular weight is 207 g/mol. The number of nitrogens with two attached hydrogens (primary N) is 1. The fourth-order valence-electron chi connectivity index (χ4n) is 1.09. The highest BCUT2D eigenvalue weighted by Crippen LogP contribution is 2.22. The lowest BCUT2D eigenvalue weighted by atomic mass is 10.1. The molecule has 0 aliphatic rings. The molecule has 1 unspecified atom stereocenters. The van der Waals surface area contributed by atoms with Crippen LogP contribution in [0.3, 0.4) is 0 Å². The molecule has 0 aromatic heterocycles. The molecular weight excluding hydrogens is 190 g/mol. The van der Waals surface area contributed by atoms with Gasteiger partial charge >= 0.3 is 0 Å². The molecule has 0 fully saturated rings. The Balaban J connectivity index is 2.68. The SMILES string of the molecule is C=C(C)CSc1cccc(C(C)N)c1. The van der Waals surface area contributed by atoms with Crippen molar-refractivity contribution in [3.63, 3.8) is 0 Å². The van der Waals surface area contributed by atoms with E-state index in [1.807, 2.05) is 13.8 Å². The Labute approximate surface area is 90.4 Å². The third-order valence-electron chi connectivity index (χ3n) is 1.87. The van der Waals surface area contributed by atoms with Gasteiger partial charge in [-0.15, -0.1) is 11.8 Å². The molecule has 0 saturated heterocycles. The summed E-state index contributed by atoms with van der Waals surface area (Å²) in [5.41, 5.74) is 8.20. The predicted molar refractivity (Wildman–Crippen MR) is 64.6 cm³/mol. The van der Waals surface area contributed by atoms with Crippen molar-refractivity contribution in [3.05, 3.63) is 42.0 Å². The first-order valence-electron chi connectivity index (χ1n) is 4.72. The maximum atomic E-state index is 5.81. The van der Waals surface area contributed by atoms with Crippen LogP contribution in [-0.4, -0.2) is 5.75 Å². The van der Waals surface area contributed by atoms with Crippen molar-refractivity contribution in [2.45, 2.75) is 24.8 Å². The maximum absolute atomic E-state index is 5.81. The van der Waals surface area contributed by atoms with Gasteiger partial charge in [-0.3, -0.25) is 0 Å². The summed E-state index contributed by atoms with van der Waals surface area (Å²) in [4.78, 5) is 1.27. The molecule has 1 aromatic carbocycles. The Kier molecular flexibility index (Phi) is 4.23. The van der Waals surface area contributed by atoms with E-state index in [2.05, 4.69) is 30.8 Å². The molecule has 76 valence electrons. The van der Waals surface area contributed by atoms with Crippen LogP contribution in [0.2, 0.25) is 0 Å². The zero-order valence-corrected chi connectivity index (χ0v) is 9.60. The summed E-state index contributed by atoms with van der Waals surface area (Å²) in [6, 6.07) is 8.49. The van der Waals surface area contributed by atoms with Crippen LogP contribution >= 0.6 is 11.8 Å². The van der Waals surface area contributed by atoms with Gasteiger partial charge in [0.1, 0.15) is 0 Å². The maximum Gasteiger partial charge on any atom is 0.0266 e. The predicted octanol–water partition coefficient (Wildman–Crippen LogP) is 3.37. The van der Waals surface area contributed by atoms with Crippen molar-refractivity contribution in [2.24, 2.45) is 5.73 Å². The van der Waals surface area contributed by atoms with E-state index >= 15 is 0 Å².